The Morgan fingerprint density at radius 2 is 1.06 bits per heavy atom. The zero-order chi connectivity index (χ0) is 23.6. The predicted octanol–water partition coefficient (Wildman–Crippen LogP) is 7.82. The van der Waals surface area contributed by atoms with Gasteiger partial charge in [-0.25, -0.2) is 9.59 Å². The zero-order valence-corrected chi connectivity index (χ0v) is 21.1. The molecular formula is C26H48O6. The van der Waals surface area contributed by atoms with Gasteiger partial charge < -0.3 is 18.9 Å². The topological polar surface area (TPSA) is 71.1 Å². The molecule has 0 N–H and O–H groups in total. The Hall–Kier alpha value is -1.46. The van der Waals surface area contributed by atoms with Gasteiger partial charge in [0.1, 0.15) is 12.2 Å². The molecule has 2 atom stereocenters. The van der Waals surface area contributed by atoms with Crippen molar-refractivity contribution in [3.8, 4) is 0 Å². The Bertz CT molecular complexity index is 491. The first kappa shape index (κ1) is 28.6. The standard InChI is InChI=1S/C26H48O6/c1-21(2)14-9-6-5-7-11-18-29-25(27)31-23-16-13-17-24(20-23)32-26(28)30-19-12-8-10-15-22(3)4/h21-24H,5-20H2,1-4H3. The Labute approximate surface area is 196 Å². The van der Waals surface area contributed by atoms with Crippen molar-refractivity contribution in [2.75, 3.05) is 13.2 Å². The highest BCUT2D eigenvalue weighted by Crippen LogP contribution is 2.24. The zero-order valence-electron chi connectivity index (χ0n) is 21.1. The molecule has 6 nitrogen and oxygen atoms in total. The number of rotatable bonds is 16. The second-order valence-corrected chi connectivity index (χ2v) is 10.0. The van der Waals surface area contributed by atoms with E-state index >= 15 is 0 Å². The summed E-state index contributed by atoms with van der Waals surface area (Å²) in [6, 6.07) is 0. The number of hydrogen-bond donors (Lipinski definition) is 0. The monoisotopic (exact) mass is 456 g/mol. The average Bonchev–Trinajstić information content (AvgIpc) is 2.72. The smallest absolute Gasteiger partial charge is 0.434 e. The van der Waals surface area contributed by atoms with Crippen LogP contribution in [0.15, 0.2) is 0 Å². The van der Waals surface area contributed by atoms with Gasteiger partial charge in [-0.2, -0.15) is 0 Å². The molecule has 0 spiro atoms. The summed E-state index contributed by atoms with van der Waals surface area (Å²) in [6.45, 7) is 9.73. The van der Waals surface area contributed by atoms with Crippen LogP contribution in [0.5, 0.6) is 0 Å². The number of hydrogen-bond acceptors (Lipinski definition) is 6. The predicted molar refractivity (Wildman–Crippen MR) is 127 cm³/mol. The molecule has 1 rings (SSSR count). The van der Waals surface area contributed by atoms with Crippen molar-refractivity contribution in [1.82, 2.24) is 0 Å². The van der Waals surface area contributed by atoms with Crippen LogP contribution in [0.1, 0.15) is 118 Å². The Morgan fingerprint density at radius 1 is 0.656 bits per heavy atom. The molecule has 6 heteroatoms. The van der Waals surface area contributed by atoms with E-state index in [0.717, 1.165) is 57.3 Å². The molecule has 0 aromatic heterocycles. The van der Waals surface area contributed by atoms with Gasteiger partial charge >= 0.3 is 12.3 Å². The van der Waals surface area contributed by atoms with Gasteiger partial charge in [0.15, 0.2) is 0 Å². The minimum Gasteiger partial charge on any atom is -0.434 e. The van der Waals surface area contributed by atoms with E-state index in [1.807, 2.05) is 0 Å². The van der Waals surface area contributed by atoms with E-state index in [2.05, 4.69) is 27.7 Å². The van der Waals surface area contributed by atoms with Gasteiger partial charge in [-0.05, 0) is 43.9 Å². The van der Waals surface area contributed by atoms with Crippen LogP contribution in [-0.2, 0) is 18.9 Å². The van der Waals surface area contributed by atoms with E-state index in [0.29, 0.717) is 25.6 Å². The second kappa shape index (κ2) is 18.0. The lowest BCUT2D eigenvalue weighted by Crippen LogP contribution is -2.32. The quantitative estimate of drug-likeness (QED) is 0.174. The molecule has 0 aromatic carbocycles. The summed E-state index contributed by atoms with van der Waals surface area (Å²) in [7, 11) is 0. The van der Waals surface area contributed by atoms with Crippen LogP contribution in [0.2, 0.25) is 0 Å². The maximum atomic E-state index is 11.9. The van der Waals surface area contributed by atoms with Gasteiger partial charge in [0.05, 0.1) is 13.2 Å². The fourth-order valence-corrected chi connectivity index (χ4v) is 3.98. The lowest BCUT2D eigenvalue weighted by molar-refractivity contribution is -0.0350. The molecule has 0 aliphatic heterocycles. The van der Waals surface area contributed by atoms with Crippen LogP contribution >= 0.6 is 0 Å². The Morgan fingerprint density at radius 3 is 1.53 bits per heavy atom. The molecule has 0 aromatic rings. The summed E-state index contributed by atoms with van der Waals surface area (Å²) in [5.41, 5.74) is 0. The Balaban J connectivity index is 2.06. The van der Waals surface area contributed by atoms with Gasteiger partial charge in [0.2, 0.25) is 0 Å². The van der Waals surface area contributed by atoms with Crippen molar-refractivity contribution in [1.29, 1.82) is 0 Å². The number of unbranched alkanes of at least 4 members (excludes halogenated alkanes) is 6. The van der Waals surface area contributed by atoms with E-state index in [1.165, 1.54) is 32.1 Å². The van der Waals surface area contributed by atoms with E-state index in [4.69, 9.17) is 18.9 Å². The van der Waals surface area contributed by atoms with Crippen molar-refractivity contribution < 1.29 is 28.5 Å². The largest absolute Gasteiger partial charge is 0.508 e. The molecule has 32 heavy (non-hydrogen) atoms. The van der Waals surface area contributed by atoms with Crippen molar-refractivity contribution >= 4 is 12.3 Å². The van der Waals surface area contributed by atoms with Crippen molar-refractivity contribution in [2.45, 2.75) is 130 Å². The lowest BCUT2D eigenvalue weighted by atomic mass is 9.95. The molecule has 1 fully saturated rings. The van der Waals surface area contributed by atoms with E-state index in [-0.39, 0.29) is 12.2 Å². The number of carbonyl (C=O) groups excluding carboxylic acids is 2. The highest BCUT2D eigenvalue weighted by atomic mass is 16.7. The Kier molecular flexibility index (Phi) is 16.1. The van der Waals surface area contributed by atoms with Gasteiger partial charge in [0, 0.05) is 6.42 Å². The SMILES string of the molecule is CC(C)CCCCCCCOC(=O)OC1CCCC(OC(=O)OCCCCCC(C)C)C1. The fraction of sp³-hybridized carbons (Fsp3) is 0.923. The molecule has 0 saturated heterocycles. The normalized spacial score (nSPS) is 18.6. The first-order valence-electron chi connectivity index (χ1n) is 13.0. The maximum absolute atomic E-state index is 11.9. The third-order valence-electron chi connectivity index (χ3n) is 5.90. The summed E-state index contributed by atoms with van der Waals surface area (Å²) in [6.07, 6.45) is 12.4. The summed E-state index contributed by atoms with van der Waals surface area (Å²) >= 11 is 0. The minimum absolute atomic E-state index is 0.263. The van der Waals surface area contributed by atoms with Gasteiger partial charge in [-0.15, -0.1) is 0 Å². The molecule has 0 bridgehead atoms. The lowest BCUT2D eigenvalue weighted by Gasteiger charge is -2.28. The molecule has 188 valence electrons. The molecule has 2 unspecified atom stereocenters. The first-order chi connectivity index (χ1) is 15.4. The van der Waals surface area contributed by atoms with Crippen LogP contribution in [0.25, 0.3) is 0 Å². The highest BCUT2D eigenvalue weighted by molar-refractivity contribution is 5.60. The van der Waals surface area contributed by atoms with Gasteiger partial charge in [0.25, 0.3) is 0 Å². The number of ether oxygens (including phenoxy) is 4. The summed E-state index contributed by atoms with van der Waals surface area (Å²) < 4.78 is 21.2. The van der Waals surface area contributed by atoms with Crippen LogP contribution in [0.3, 0.4) is 0 Å². The van der Waals surface area contributed by atoms with Gasteiger partial charge in [-0.3, -0.25) is 0 Å². The number of carbonyl (C=O) groups is 2. The molecule has 0 radical (unpaired) electrons. The molecule has 1 aliphatic rings. The average molecular weight is 457 g/mol. The van der Waals surface area contributed by atoms with E-state index in [9.17, 15) is 9.59 Å². The summed E-state index contributed by atoms with van der Waals surface area (Å²) in [5.74, 6) is 1.48. The minimum atomic E-state index is -0.615. The maximum Gasteiger partial charge on any atom is 0.508 e. The fourth-order valence-electron chi connectivity index (χ4n) is 3.98. The van der Waals surface area contributed by atoms with Crippen LogP contribution in [0, 0.1) is 11.8 Å². The summed E-state index contributed by atoms with van der Waals surface area (Å²) in [5, 5.41) is 0. The van der Waals surface area contributed by atoms with Crippen LogP contribution in [0.4, 0.5) is 9.59 Å². The van der Waals surface area contributed by atoms with E-state index < -0.39 is 12.3 Å². The third-order valence-corrected chi connectivity index (χ3v) is 5.90. The van der Waals surface area contributed by atoms with Crippen LogP contribution in [-0.4, -0.2) is 37.7 Å². The molecule has 0 heterocycles. The highest BCUT2D eigenvalue weighted by Gasteiger charge is 2.28. The molecule has 1 aliphatic carbocycles. The van der Waals surface area contributed by atoms with Gasteiger partial charge in [-0.1, -0.05) is 79.1 Å². The third kappa shape index (κ3) is 16.2. The van der Waals surface area contributed by atoms with Crippen LogP contribution < -0.4 is 0 Å². The van der Waals surface area contributed by atoms with Crippen molar-refractivity contribution in [2.24, 2.45) is 11.8 Å². The molecular weight excluding hydrogens is 408 g/mol. The molecule has 1 saturated carbocycles. The van der Waals surface area contributed by atoms with E-state index in [1.54, 1.807) is 0 Å². The second-order valence-electron chi connectivity index (χ2n) is 10.0. The summed E-state index contributed by atoms with van der Waals surface area (Å²) in [4.78, 5) is 23.8. The molecule has 0 amide bonds. The first-order valence-corrected chi connectivity index (χ1v) is 13.0. The van der Waals surface area contributed by atoms with Crippen molar-refractivity contribution in [3.63, 3.8) is 0 Å². The van der Waals surface area contributed by atoms with Crippen molar-refractivity contribution in [3.05, 3.63) is 0 Å².